The zero-order valence-corrected chi connectivity index (χ0v) is 9.27. The lowest BCUT2D eigenvalue weighted by molar-refractivity contribution is -0.104. The number of nitrogens with two attached hydrogens (primary N) is 1. The molecule has 0 fully saturated rings. The topological polar surface area (TPSA) is 64.7 Å². The van der Waals surface area contributed by atoms with E-state index < -0.39 is 0 Å². The molecular weight excluding hydrogens is 192 g/mol. The fourth-order valence-corrected chi connectivity index (χ4v) is 0.475. The molecule has 0 aromatic carbocycles. The van der Waals surface area contributed by atoms with E-state index in [1.54, 1.807) is 7.11 Å². The third-order valence-electron chi connectivity index (χ3n) is 1.31. The molecule has 0 aliphatic rings. The number of ether oxygens (including phenoxy) is 1. The van der Waals surface area contributed by atoms with Crippen molar-refractivity contribution in [1.82, 2.24) is 0 Å². The lowest BCUT2D eigenvalue weighted by Crippen LogP contribution is -1.95. The predicted molar refractivity (Wildman–Crippen MR) is 63.7 cm³/mol. The van der Waals surface area contributed by atoms with E-state index in [4.69, 9.17) is 5.73 Å². The molecule has 0 aliphatic carbocycles. The standard InChI is InChI=1S/C8H10N2O.C3H8O/c1-3-7(9)8(10-2)5-4-6-11;1-3-4-2/h3-6H,1-2,9H2;3H2,1-2H3/b5-4+,8-7+;. The highest BCUT2D eigenvalue weighted by Gasteiger charge is 1.90. The van der Waals surface area contributed by atoms with Gasteiger partial charge in [-0.1, -0.05) is 6.58 Å². The summed E-state index contributed by atoms with van der Waals surface area (Å²) in [6.07, 6.45) is 4.85. The first-order valence-electron chi connectivity index (χ1n) is 4.37. The number of hydrogen-bond acceptors (Lipinski definition) is 4. The summed E-state index contributed by atoms with van der Waals surface area (Å²) in [5, 5.41) is 0. The monoisotopic (exact) mass is 210 g/mol. The maximum absolute atomic E-state index is 9.90. The van der Waals surface area contributed by atoms with E-state index in [1.807, 2.05) is 6.92 Å². The Morgan fingerprint density at radius 3 is 2.40 bits per heavy atom. The summed E-state index contributed by atoms with van der Waals surface area (Å²) in [7, 11) is 1.68. The minimum absolute atomic E-state index is 0.401. The number of carbonyl (C=O) groups is 1. The van der Waals surface area contributed by atoms with Gasteiger partial charge >= 0.3 is 0 Å². The SMILES string of the molecule is C=C/C(N)=C(/C=C/C=O)N=C.CCOC. The van der Waals surface area contributed by atoms with Gasteiger partial charge in [-0.2, -0.15) is 0 Å². The summed E-state index contributed by atoms with van der Waals surface area (Å²) in [5.41, 5.74) is 6.28. The molecule has 0 atom stereocenters. The van der Waals surface area contributed by atoms with Crippen LogP contribution in [0.5, 0.6) is 0 Å². The molecule has 0 amide bonds. The van der Waals surface area contributed by atoms with Crippen LogP contribution >= 0.6 is 0 Å². The van der Waals surface area contributed by atoms with Gasteiger partial charge in [0, 0.05) is 13.7 Å². The van der Waals surface area contributed by atoms with Crippen LogP contribution in [0.3, 0.4) is 0 Å². The Kier molecular flexibility index (Phi) is 13.0. The van der Waals surface area contributed by atoms with Crippen LogP contribution in [-0.2, 0) is 9.53 Å². The Morgan fingerprint density at radius 2 is 2.13 bits per heavy atom. The van der Waals surface area contributed by atoms with Gasteiger partial charge in [0.1, 0.15) is 6.29 Å². The Morgan fingerprint density at radius 1 is 1.60 bits per heavy atom. The van der Waals surface area contributed by atoms with Gasteiger partial charge in [-0.25, -0.2) is 0 Å². The van der Waals surface area contributed by atoms with Crippen molar-refractivity contribution in [1.29, 1.82) is 0 Å². The summed E-state index contributed by atoms with van der Waals surface area (Å²) in [6.45, 7) is 9.50. The van der Waals surface area contributed by atoms with Gasteiger partial charge in [0.25, 0.3) is 0 Å². The smallest absolute Gasteiger partial charge is 0.142 e. The summed E-state index contributed by atoms with van der Waals surface area (Å²) < 4.78 is 4.54. The van der Waals surface area contributed by atoms with E-state index in [9.17, 15) is 4.79 Å². The van der Waals surface area contributed by atoms with E-state index in [-0.39, 0.29) is 0 Å². The van der Waals surface area contributed by atoms with Crippen LogP contribution in [0.15, 0.2) is 41.2 Å². The highest BCUT2D eigenvalue weighted by atomic mass is 16.5. The van der Waals surface area contributed by atoms with Gasteiger partial charge in [0.05, 0.1) is 11.4 Å². The van der Waals surface area contributed by atoms with E-state index in [2.05, 4.69) is 23.0 Å². The van der Waals surface area contributed by atoms with Crippen molar-refractivity contribution >= 4 is 13.0 Å². The first-order chi connectivity index (χ1) is 7.17. The number of allylic oxidation sites excluding steroid dienone is 3. The summed E-state index contributed by atoms with van der Waals surface area (Å²) in [4.78, 5) is 13.5. The molecule has 0 rings (SSSR count). The molecule has 84 valence electrons. The number of aliphatic imine (C=N–C) groups is 1. The molecule has 15 heavy (non-hydrogen) atoms. The van der Waals surface area contributed by atoms with E-state index in [0.717, 1.165) is 6.61 Å². The third-order valence-corrected chi connectivity index (χ3v) is 1.31. The van der Waals surface area contributed by atoms with Crippen LogP contribution in [0, 0.1) is 0 Å². The predicted octanol–water partition coefficient (Wildman–Crippen LogP) is 1.45. The molecule has 0 aromatic rings. The van der Waals surface area contributed by atoms with Crippen molar-refractivity contribution in [2.45, 2.75) is 6.92 Å². The van der Waals surface area contributed by atoms with Gasteiger partial charge in [0.2, 0.25) is 0 Å². The minimum Gasteiger partial charge on any atom is -0.397 e. The summed E-state index contributed by atoms with van der Waals surface area (Å²) >= 11 is 0. The van der Waals surface area contributed by atoms with Crippen LogP contribution in [0.1, 0.15) is 6.92 Å². The molecule has 0 unspecified atom stereocenters. The highest BCUT2D eigenvalue weighted by Crippen LogP contribution is 2.01. The molecular formula is C11H18N2O2. The van der Waals surface area contributed by atoms with Gasteiger partial charge in [0.15, 0.2) is 0 Å². The van der Waals surface area contributed by atoms with Crippen molar-refractivity contribution in [3.63, 3.8) is 0 Å². The van der Waals surface area contributed by atoms with Crippen molar-refractivity contribution in [3.8, 4) is 0 Å². The molecule has 4 heteroatoms. The molecule has 4 nitrogen and oxygen atoms in total. The minimum atomic E-state index is 0.401. The van der Waals surface area contributed by atoms with E-state index >= 15 is 0 Å². The van der Waals surface area contributed by atoms with Crippen molar-refractivity contribution < 1.29 is 9.53 Å². The Labute approximate surface area is 90.8 Å². The van der Waals surface area contributed by atoms with Crippen LogP contribution in [0.25, 0.3) is 0 Å². The van der Waals surface area contributed by atoms with Crippen molar-refractivity contribution in [2.24, 2.45) is 10.7 Å². The number of rotatable bonds is 5. The second-order valence-corrected chi connectivity index (χ2v) is 2.28. The Hall–Kier alpha value is -1.68. The lowest BCUT2D eigenvalue weighted by Gasteiger charge is -1.94. The number of nitrogens with zero attached hydrogens (tertiary/aromatic N) is 1. The van der Waals surface area contributed by atoms with Crippen LogP contribution in [-0.4, -0.2) is 26.7 Å². The fourth-order valence-electron chi connectivity index (χ4n) is 0.475. The second-order valence-electron chi connectivity index (χ2n) is 2.28. The van der Waals surface area contributed by atoms with Gasteiger partial charge in [-0.3, -0.25) is 9.79 Å². The molecule has 0 spiro atoms. The summed E-state index contributed by atoms with van der Waals surface area (Å²) in [6, 6.07) is 0. The normalized spacial score (nSPS) is 11.1. The van der Waals surface area contributed by atoms with Crippen LogP contribution in [0.2, 0.25) is 0 Å². The van der Waals surface area contributed by atoms with Crippen LogP contribution in [0.4, 0.5) is 0 Å². The number of hydrogen-bond donors (Lipinski definition) is 1. The number of methoxy groups -OCH3 is 1. The first-order valence-corrected chi connectivity index (χ1v) is 4.37. The molecule has 0 saturated carbocycles. The third kappa shape index (κ3) is 10.2. The Bertz CT molecular complexity index is 253. The zero-order chi connectivity index (χ0) is 12.1. The van der Waals surface area contributed by atoms with Gasteiger partial charge < -0.3 is 10.5 Å². The first kappa shape index (κ1) is 15.8. The number of carbonyl (C=O) groups excluding carboxylic acids is 1. The molecule has 0 saturated heterocycles. The molecule has 2 N–H and O–H groups in total. The van der Waals surface area contributed by atoms with Gasteiger partial charge in [-0.15, -0.1) is 0 Å². The molecule has 0 heterocycles. The quantitative estimate of drug-likeness (QED) is 0.323. The lowest BCUT2D eigenvalue weighted by atomic mass is 10.3. The Balaban J connectivity index is 0. The fraction of sp³-hybridized carbons (Fsp3) is 0.273. The average Bonchev–Trinajstić information content (AvgIpc) is 2.30. The van der Waals surface area contributed by atoms with Gasteiger partial charge in [-0.05, 0) is 31.9 Å². The van der Waals surface area contributed by atoms with E-state index in [0.29, 0.717) is 17.7 Å². The van der Waals surface area contributed by atoms with Crippen molar-refractivity contribution in [3.05, 3.63) is 36.2 Å². The number of aldehydes is 1. The molecule has 0 aliphatic heterocycles. The summed E-state index contributed by atoms with van der Waals surface area (Å²) in [5.74, 6) is 0. The maximum Gasteiger partial charge on any atom is 0.142 e. The van der Waals surface area contributed by atoms with E-state index in [1.165, 1.54) is 18.2 Å². The molecule has 0 aromatic heterocycles. The average molecular weight is 210 g/mol. The maximum atomic E-state index is 9.90. The van der Waals surface area contributed by atoms with Crippen molar-refractivity contribution in [2.75, 3.05) is 13.7 Å². The largest absolute Gasteiger partial charge is 0.397 e. The highest BCUT2D eigenvalue weighted by molar-refractivity contribution is 5.66. The zero-order valence-electron chi connectivity index (χ0n) is 9.27. The second kappa shape index (κ2) is 12.3. The van der Waals surface area contributed by atoms with Crippen LogP contribution < -0.4 is 5.73 Å². The molecule has 0 bridgehead atoms. The molecule has 0 radical (unpaired) electrons.